The lowest BCUT2D eigenvalue weighted by Gasteiger charge is -2.35. The number of nitrogens with one attached hydrogen (secondary N) is 3. The molecule has 7 heteroatoms. The van der Waals surface area contributed by atoms with Gasteiger partial charge in [0.25, 0.3) is 0 Å². The van der Waals surface area contributed by atoms with Crippen molar-refractivity contribution < 1.29 is 4.79 Å². The van der Waals surface area contributed by atoms with Crippen molar-refractivity contribution in [1.29, 1.82) is 0 Å². The molecule has 0 bridgehead atoms. The first-order chi connectivity index (χ1) is 15.6. The molecule has 0 radical (unpaired) electrons. The molecular formula is C25H32N6O. The summed E-state index contributed by atoms with van der Waals surface area (Å²) < 4.78 is 0. The molecule has 1 aromatic heterocycles. The van der Waals surface area contributed by atoms with Gasteiger partial charge >= 0.3 is 0 Å². The summed E-state index contributed by atoms with van der Waals surface area (Å²) in [7, 11) is 0. The Labute approximate surface area is 189 Å². The second-order valence-electron chi connectivity index (χ2n) is 8.53. The molecule has 0 saturated carbocycles. The summed E-state index contributed by atoms with van der Waals surface area (Å²) in [6.45, 7) is 6.62. The minimum absolute atomic E-state index is 0.0456. The van der Waals surface area contributed by atoms with Crippen LogP contribution in [0.2, 0.25) is 0 Å². The predicted octanol–water partition coefficient (Wildman–Crippen LogP) is 3.29. The molecule has 1 atom stereocenters. The quantitative estimate of drug-likeness (QED) is 0.509. The Hall–Kier alpha value is -3.19. The fraction of sp³-hybridized carbons (Fsp3) is 0.400. The van der Waals surface area contributed by atoms with Gasteiger partial charge in [-0.05, 0) is 49.9 Å². The van der Waals surface area contributed by atoms with Crippen LogP contribution in [0.5, 0.6) is 0 Å². The van der Waals surface area contributed by atoms with Gasteiger partial charge in [-0.15, -0.1) is 0 Å². The van der Waals surface area contributed by atoms with Gasteiger partial charge in [-0.1, -0.05) is 42.5 Å². The molecule has 4 rings (SSSR count). The molecule has 1 aliphatic rings. The van der Waals surface area contributed by atoms with Gasteiger partial charge in [0.1, 0.15) is 5.82 Å². The van der Waals surface area contributed by atoms with Crippen LogP contribution in [0.1, 0.15) is 48.6 Å². The first-order valence-corrected chi connectivity index (χ1v) is 11.4. The summed E-state index contributed by atoms with van der Waals surface area (Å²) in [5.41, 5.74) is 3.36. The lowest BCUT2D eigenvalue weighted by molar-refractivity contribution is -0.120. The van der Waals surface area contributed by atoms with Crippen molar-refractivity contribution in [2.75, 3.05) is 18.0 Å². The Morgan fingerprint density at radius 1 is 1.09 bits per heavy atom. The van der Waals surface area contributed by atoms with Crippen molar-refractivity contribution in [1.82, 2.24) is 25.8 Å². The summed E-state index contributed by atoms with van der Waals surface area (Å²) in [4.78, 5) is 19.1. The lowest BCUT2D eigenvalue weighted by Crippen LogP contribution is -2.43. The van der Waals surface area contributed by atoms with Crippen molar-refractivity contribution in [2.24, 2.45) is 0 Å². The van der Waals surface area contributed by atoms with Gasteiger partial charge in [0.2, 0.25) is 5.91 Å². The molecule has 0 spiro atoms. The second-order valence-corrected chi connectivity index (χ2v) is 8.53. The van der Waals surface area contributed by atoms with Gasteiger partial charge < -0.3 is 15.5 Å². The largest absolute Gasteiger partial charge is 0.371 e. The minimum Gasteiger partial charge on any atom is -0.371 e. The Morgan fingerprint density at radius 2 is 1.81 bits per heavy atom. The molecule has 1 unspecified atom stereocenters. The second kappa shape index (κ2) is 10.4. The maximum atomic E-state index is 12.3. The molecule has 168 valence electrons. The Kier molecular flexibility index (Phi) is 7.17. The van der Waals surface area contributed by atoms with Gasteiger partial charge in [0.05, 0.1) is 12.5 Å². The number of piperidine rings is 1. The van der Waals surface area contributed by atoms with Crippen LogP contribution < -0.4 is 15.5 Å². The van der Waals surface area contributed by atoms with Gasteiger partial charge in [-0.25, -0.2) is 4.98 Å². The molecule has 3 N–H and O–H groups in total. The number of H-pyrrole nitrogens is 1. The van der Waals surface area contributed by atoms with Gasteiger partial charge in [-0.3, -0.25) is 9.89 Å². The van der Waals surface area contributed by atoms with Crippen LogP contribution in [0, 0.1) is 6.92 Å². The van der Waals surface area contributed by atoms with E-state index in [4.69, 9.17) is 0 Å². The SMILES string of the molecule is Cc1nc(C(C)NC2CCN(c3ccc(CC(=O)NCc4ccccc4)cc3)CC2)n[nH]1. The van der Waals surface area contributed by atoms with Crippen LogP contribution in [0.4, 0.5) is 5.69 Å². The van der Waals surface area contributed by atoms with Crippen molar-refractivity contribution >= 4 is 11.6 Å². The number of hydrogen-bond donors (Lipinski definition) is 3. The first kappa shape index (κ1) is 22.0. The maximum Gasteiger partial charge on any atom is 0.224 e. The molecular weight excluding hydrogens is 400 g/mol. The highest BCUT2D eigenvalue weighted by molar-refractivity contribution is 5.78. The van der Waals surface area contributed by atoms with Gasteiger partial charge in [0, 0.05) is 31.4 Å². The summed E-state index contributed by atoms with van der Waals surface area (Å²) in [6.07, 6.45) is 2.56. The zero-order chi connectivity index (χ0) is 22.3. The smallest absolute Gasteiger partial charge is 0.224 e. The number of aryl methyl sites for hydroxylation is 1. The van der Waals surface area contributed by atoms with E-state index in [0.717, 1.165) is 48.7 Å². The van der Waals surface area contributed by atoms with E-state index >= 15 is 0 Å². The molecule has 2 heterocycles. The number of hydrogen-bond acceptors (Lipinski definition) is 5. The molecule has 1 amide bonds. The number of amides is 1. The van der Waals surface area contributed by atoms with E-state index in [0.29, 0.717) is 19.0 Å². The van der Waals surface area contributed by atoms with Gasteiger partial charge in [-0.2, -0.15) is 5.10 Å². The number of carbonyl (C=O) groups excluding carboxylic acids is 1. The van der Waals surface area contributed by atoms with Crippen LogP contribution in [-0.4, -0.2) is 40.2 Å². The lowest BCUT2D eigenvalue weighted by atomic mass is 10.0. The molecule has 1 saturated heterocycles. The Morgan fingerprint density at radius 3 is 2.47 bits per heavy atom. The third-order valence-electron chi connectivity index (χ3n) is 5.98. The molecule has 3 aromatic rings. The van der Waals surface area contributed by atoms with E-state index in [1.807, 2.05) is 37.3 Å². The number of carbonyl (C=O) groups is 1. The van der Waals surface area contributed by atoms with E-state index in [-0.39, 0.29) is 11.9 Å². The predicted molar refractivity (Wildman–Crippen MR) is 126 cm³/mol. The molecule has 2 aromatic carbocycles. The van der Waals surface area contributed by atoms with E-state index in [9.17, 15) is 4.79 Å². The standard InChI is InChI=1S/C25H32N6O/c1-18(25-28-19(2)29-30-25)27-22-12-14-31(15-13-22)23-10-8-20(9-11-23)16-24(32)26-17-21-6-4-3-5-7-21/h3-11,18,22,27H,12-17H2,1-2H3,(H,26,32)(H,28,29,30). The molecule has 0 aliphatic carbocycles. The van der Waals surface area contributed by atoms with Crippen molar-refractivity contribution in [2.45, 2.75) is 51.7 Å². The zero-order valence-electron chi connectivity index (χ0n) is 18.8. The third kappa shape index (κ3) is 5.95. The molecule has 32 heavy (non-hydrogen) atoms. The summed E-state index contributed by atoms with van der Waals surface area (Å²) in [5, 5.41) is 13.8. The first-order valence-electron chi connectivity index (χ1n) is 11.4. The van der Waals surface area contributed by atoms with Crippen LogP contribution in [0.25, 0.3) is 0 Å². The summed E-state index contributed by atoms with van der Waals surface area (Å²) in [5.74, 6) is 1.72. The monoisotopic (exact) mass is 432 g/mol. The third-order valence-corrected chi connectivity index (χ3v) is 5.98. The Balaban J connectivity index is 1.22. The Bertz CT molecular complexity index is 993. The van der Waals surface area contributed by atoms with E-state index in [1.165, 1.54) is 5.69 Å². The van der Waals surface area contributed by atoms with Crippen molar-refractivity contribution in [3.05, 3.63) is 77.4 Å². The maximum absolute atomic E-state index is 12.3. The number of aromatic nitrogens is 3. The fourth-order valence-electron chi connectivity index (χ4n) is 4.16. The highest BCUT2D eigenvalue weighted by Gasteiger charge is 2.22. The van der Waals surface area contributed by atoms with Crippen LogP contribution in [0.15, 0.2) is 54.6 Å². The number of nitrogens with zero attached hydrogens (tertiary/aromatic N) is 3. The number of anilines is 1. The average Bonchev–Trinajstić information content (AvgIpc) is 3.26. The average molecular weight is 433 g/mol. The van der Waals surface area contributed by atoms with E-state index in [2.05, 4.69) is 61.9 Å². The molecule has 1 fully saturated rings. The van der Waals surface area contributed by atoms with Crippen LogP contribution in [0.3, 0.4) is 0 Å². The normalized spacial score (nSPS) is 15.5. The fourth-order valence-corrected chi connectivity index (χ4v) is 4.16. The van der Waals surface area contributed by atoms with E-state index < -0.39 is 0 Å². The highest BCUT2D eigenvalue weighted by Crippen LogP contribution is 2.22. The minimum atomic E-state index is 0.0456. The zero-order valence-corrected chi connectivity index (χ0v) is 18.8. The summed E-state index contributed by atoms with van der Waals surface area (Å²) in [6, 6.07) is 19.0. The number of rotatable bonds is 8. The van der Waals surface area contributed by atoms with Crippen molar-refractivity contribution in [3.8, 4) is 0 Å². The van der Waals surface area contributed by atoms with Crippen LogP contribution in [-0.2, 0) is 17.8 Å². The molecule has 7 nitrogen and oxygen atoms in total. The van der Waals surface area contributed by atoms with E-state index in [1.54, 1.807) is 0 Å². The number of benzene rings is 2. The van der Waals surface area contributed by atoms with Crippen LogP contribution >= 0.6 is 0 Å². The van der Waals surface area contributed by atoms with Crippen molar-refractivity contribution in [3.63, 3.8) is 0 Å². The number of aromatic amines is 1. The molecule has 1 aliphatic heterocycles. The topological polar surface area (TPSA) is 85.9 Å². The highest BCUT2D eigenvalue weighted by atomic mass is 16.1. The van der Waals surface area contributed by atoms with Gasteiger partial charge in [0.15, 0.2) is 5.82 Å². The summed E-state index contributed by atoms with van der Waals surface area (Å²) >= 11 is 0.